The molecule has 0 unspecified atom stereocenters. The number of hydrogen-bond acceptors (Lipinski definition) is 3. The highest BCUT2D eigenvalue weighted by Crippen LogP contribution is 2.27. The molecule has 0 fully saturated rings. The SMILES string of the molecule is O=C(O)c1ccc(CCc2ccc(NS(=O)(=O)c3cc(Cl)ccc3Cl)cc2)cc1. The number of rotatable bonds is 7. The van der Waals surface area contributed by atoms with Crippen LogP contribution in [0.2, 0.25) is 10.0 Å². The average molecular weight is 450 g/mol. The van der Waals surface area contributed by atoms with Crippen molar-refractivity contribution in [3.05, 3.63) is 93.5 Å². The van der Waals surface area contributed by atoms with Crippen LogP contribution in [0.5, 0.6) is 0 Å². The summed E-state index contributed by atoms with van der Waals surface area (Å²) in [5, 5.41) is 9.30. The number of carboxylic acid groups (broad SMARTS) is 1. The lowest BCUT2D eigenvalue weighted by Crippen LogP contribution is -2.13. The summed E-state index contributed by atoms with van der Waals surface area (Å²) < 4.78 is 27.6. The maximum Gasteiger partial charge on any atom is 0.335 e. The molecule has 0 atom stereocenters. The van der Waals surface area contributed by atoms with E-state index in [-0.39, 0.29) is 20.5 Å². The molecular formula is C21H17Cl2NO4S. The van der Waals surface area contributed by atoms with Gasteiger partial charge >= 0.3 is 5.97 Å². The summed E-state index contributed by atoms with van der Waals surface area (Å²) in [6.45, 7) is 0. The van der Waals surface area contributed by atoms with Crippen LogP contribution < -0.4 is 4.72 Å². The molecule has 0 aliphatic rings. The summed E-state index contributed by atoms with van der Waals surface area (Å²) in [6.07, 6.45) is 1.47. The van der Waals surface area contributed by atoms with Gasteiger partial charge in [-0.2, -0.15) is 0 Å². The molecule has 8 heteroatoms. The molecule has 3 aromatic carbocycles. The molecule has 0 spiro atoms. The summed E-state index contributed by atoms with van der Waals surface area (Å²) in [5.41, 5.74) is 2.72. The Kier molecular flexibility index (Phi) is 6.47. The number of halogens is 2. The van der Waals surface area contributed by atoms with E-state index in [1.807, 2.05) is 12.1 Å². The minimum atomic E-state index is -3.86. The van der Waals surface area contributed by atoms with Crippen molar-refractivity contribution in [1.82, 2.24) is 0 Å². The number of anilines is 1. The first-order valence-corrected chi connectivity index (χ1v) is 10.9. The fourth-order valence-electron chi connectivity index (χ4n) is 2.74. The van der Waals surface area contributed by atoms with Crippen LogP contribution in [0.3, 0.4) is 0 Å². The molecule has 29 heavy (non-hydrogen) atoms. The number of nitrogens with one attached hydrogen (secondary N) is 1. The normalized spacial score (nSPS) is 11.2. The van der Waals surface area contributed by atoms with Crippen LogP contribution >= 0.6 is 23.2 Å². The van der Waals surface area contributed by atoms with Crippen molar-refractivity contribution in [3.8, 4) is 0 Å². The van der Waals surface area contributed by atoms with E-state index < -0.39 is 16.0 Å². The number of sulfonamides is 1. The fourth-order valence-corrected chi connectivity index (χ4v) is 4.56. The van der Waals surface area contributed by atoms with E-state index in [2.05, 4.69) is 4.72 Å². The quantitative estimate of drug-likeness (QED) is 0.513. The minimum Gasteiger partial charge on any atom is -0.478 e. The predicted octanol–water partition coefficient (Wildman–Crippen LogP) is 5.28. The Labute approximate surface area is 179 Å². The van der Waals surface area contributed by atoms with Gasteiger partial charge in [0.05, 0.1) is 10.6 Å². The predicted molar refractivity (Wildman–Crippen MR) is 115 cm³/mol. The minimum absolute atomic E-state index is 0.0828. The molecule has 0 aliphatic heterocycles. The van der Waals surface area contributed by atoms with Gasteiger partial charge in [-0.15, -0.1) is 0 Å². The molecule has 0 saturated heterocycles. The zero-order valence-electron chi connectivity index (χ0n) is 15.1. The van der Waals surface area contributed by atoms with Crippen LogP contribution in [-0.2, 0) is 22.9 Å². The monoisotopic (exact) mass is 449 g/mol. The van der Waals surface area contributed by atoms with E-state index in [1.54, 1.807) is 36.4 Å². The standard InChI is InChI=1S/C21H17Cl2NO4S/c22-17-9-12-19(23)20(13-17)29(27,28)24-18-10-5-15(6-11-18)2-1-14-3-7-16(8-4-14)21(25)26/h3-13,24H,1-2H2,(H,25,26). The molecule has 0 heterocycles. The number of aromatic carboxylic acids is 1. The molecule has 0 radical (unpaired) electrons. The Balaban J connectivity index is 1.65. The third-order valence-corrected chi connectivity index (χ3v) is 6.39. The third kappa shape index (κ3) is 5.50. The first kappa shape index (κ1) is 21.2. The van der Waals surface area contributed by atoms with Crippen molar-refractivity contribution in [2.75, 3.05) is 4.72 Å². The fraction of sp³-hybridized carbons (Fsp3) is 0.0952. The molecule has 0 saturated carbocycles. The molecule has 0 aromatic heterocycles. The van der Waals surface area contributed by atoms with Gasteiger partial charge in [0.1, 0.15) is 4.90 Å². The van der Waals surface area contributed by atoms with Crippen LogP contribution in [0.15, 0.2) is 71.6 Å². The van der Waals surface area contributed by atoms with Gasteiger partial charge in [0.25, 0.3) is 10.0 Å². The summed E-state index contributed by atoms with van der Waals surface area (Å²) >= 11 is 11.9. The molecule has 150 valence electrons. The summed E-state index contributed by atoms with van der Waals surface area (Å²) in [7, 11) is -3.86. The Morgan fingerprint density at radius 3 is 1.97 bits per heavy atom. The van der Waals surface area contributed by atoms with Gasteiger partial charge in [-0.1, -0.05) is 47.5 Å². The van der Waals surface area contributed by atoms with E-state index >= 15 is 0 Å². The molecular weight excluding hydrogens is 433 g/mol. The first-order valence-electron chi connectivity index (χ1n) is 8.64. The van der Waals surface area contributed by atoms with Crippen LogP contribution in [-0.4, -0.2) is 19.5 Å². The van der Waals surface area contributed by atoms with E-state index in [0.29, 0.717) is 5.69 Å². The van der Waals surface area contributed by atoms with Crippen molar-refractivity contribution in [1.29, 1.82) is 0 Å². The number of carboxylic acids is 1. The van der Waals surface area contributed by atoms with Gasteiger partial charge < -0.3 is 5.11 Å². The highest BCUT2D eigenvalue weighted by atomic mass is 35.5. The molecule has 0 bridgehead atoms. The van der Waals surface area contributed by atoms with Crippen molar-refractivity contribution in [3.63, 3.8) is 0 Å². The average Bonchev–Trinajstić information content (AvgIpc) is 2.69. The van der Waals surface area contributed by atoms with Crippen molar-refractivity contribution in [2.24, 2.45) is 0 Å². The van der Waals surface area contributed by atoms with Gasteiger partial charge in [0.2, 0.25) is 0 Å². The zero-order valence-corrected chi connectivity index (χ0v) is 17.4. The molecule has 0 amide bonds. The van der Waals surface area contributed by atoms with Gasteiger partial charge in [0.15, 0.2) is 0 Å². The lowest BCUT2D eigenvalue weighted by molar-refractivity contribution is 0.0697. The van der Waals surface area contributed by atoms with E-state index in [9.17, 15) is 13.2 Å². The van der Waals surface area contributed by atoms with Gasteiger partial charge in [-0.25, -0.2) is 13.2 Å². The second kappa shape index (κ2) is 8.86. The number of carbonyl (C=O) groups is 1. The lowest BCUT2D eigenvalue weighted by Gasteiger charge is -2.10. The molecule has 5 nitrogen and oxygen atoms in total. The summed E-state index contributed by atoms with van der Waals surface area (Å²) in [6, 6.07) is 18.0. The number of aryl methyl sites for hydroxylation is 2. The highest BCUT2D eigenvalue weighted by molar-refractivity contribution is 7.92. The van der Waals surface area contributed by atoms with Crippen molar-refractivity contribution < 1.29 is 18.3 Å². The van der Waals surface area contributed by atoms with E-state index in [4.69, 9.17) is 28.3 Å². The molecule has 3 rings (SSSR count). The highest BCUT2D eigenvalue weighted by Gasteiger charge is 2.18. The Morgan fingerprint density at radius 2 is 1.41 bits per heavy atom. The second-order valence-electron chi connectivity index (χ2n) is 6.38. The van der Waals surface area contributed by atoms with Gasteiger partial charge in [-0.3, -0.25) is 4.72 Å². The lowest BCUT2D eigenvalue weighted by atomic mass is 10.0. The third-order valence-electron chi connectivity index (χ3n) is 4.29. The van der Waals surface area contributed by atoms with Crippen LogP contribution in [0.25, 0.3) is 0 Å². The van der Waals surface area contributed by atoms with Crippen molar-refractivity contribution >= 4 is 44.9 Å². The first-order chi connectivity index (χ1) is 13.7. The largest absolute Gasteiger partial charge is 0.478 e. The Bertz CT molecular complexity index is 1130. The summed E-state index contributed by atoms with van der Waals surface area (Å²) in [5.74, 6) is -0.950. The van der Waals surface area contributed by atoms with Gasteiger partial charge in [0, 0.05) is 10.7 Å². The molecule has 0 aliphatic carbocycles. The molecule has 2 N–H and O–H groups in total. The topological polar surface area (TPSA) is 83.5 Å². The van der Waals surface area contributed by atoms with Crippen LogP contribution in [0.1, 0.15) is 21.5 Å². The van der Waals surface area contributed by atoms with Crippen LogP contribution in [0, 0.1) is 0 Å². The van der Waals surface area contributed by atoms with E-state index in [0.717, 1.165) is 24.0 Å². The second-order valence-corrected chi connectivity index (χ2v) is 8.87. The number of hydrogen-bond donors (Lipinski definition) is 2. The smallest absolute Gasteiger partial charge is 0.335 e. The Morgan fingerprint density at radius 1 is 0.862 bits per heavy atom. The van der Waals surface area contributed by atoms with Crippen molar-refractivity contribution in [2.45, 2.75) is 17.7 Å². The zero-order chi connectivity index (χ0) is 21.0. The summed E-state index contributed by atoms with van der Waals surface area (Å²) in [4.78, 5) is 10.8. The molecule has 3 aromatic rings. The Hall–Kier alpha value is -2.54. The maximum absolute atomic E-state index is 12.5. The van der Waals surface area contributed by atoms with Gasteiger partial charge in [-0.05, 0) is 66.4 Å². The maximum atomic E-state index is 12.5. The van der Waals surface area contributed by atoms with Crippen LogP contribution in [0.4, 0.5) is 5.69 Å². The van der Waals surface area contributed by atoms with E-state index in [1.165, 1.54) is 18.2 Å². The number of benzene rings is 3.